The minimum absolute atomic E-state index is 0.0782. The third-order valence-corrected chi connectivity index (χ3v) is 5.35. The second-order valence-corrected chi connectivity index (χ2v) is 7.36. The fourth-order valence-electron chi connectivity index (χ4n) is 3.65. The van der Waals surface area contributed by atoms with Crippen molar-refractivity contribution in [2.75, 3.05) is 0 Å². The van der Waals surface area contributed by atoms with Crippen LogP contribution in [0.3, 0.4) is 0 Å². The summed E-state index contributed by atoms with van der Waals surface area (Å²) in [6.07, 6.45) is -0.151. The summed E-state index contributed by atoms with van der Waals surface area (Å²) < 4.78 is 44.4. The standard InChI is InChI=1S/C19H18ClF3N4O/c1-10-26-15(13-9-25-14-6-7-24-18(20)17(13)14)8-16(27-10)28-12-4-2-11(3-5-12)19(21,22)23/h6-9,11-12,25H,2-5H2,1H3. The smallest absolute Gasteiger partial charge is 0.391 e. The average Bonchev–Trinajstić information content (AvgIpc) is 3.06. The zero-order valence-electron chi connectivity index (χ0n) is 15.1. The molecule has 0 radical (unpaired) electrons. The van der Waals surface area contributed by atoms with Gasteiger partial charge in [0, 0.05) is 29.4 Å². The number of ether oxygens (including phenoxy) is 1. The topological polar surface area (TPSA) is 63.7 Å². The second kappa shape index (κ2) is 7.24. The highest BCUT2D eigenvalue weighted by Crippen LogP contribution is 2.39. The van der Waals surface area contributed by atoms with Crippen molar-refractivity contribution in [3.05, 3.63) is 35.5 Å². The SMILES string of the molecule is Cc1nc(OC2CCC(C(F)(F)F)CC2)cc(-c2c[nH]c3ccnc(Cl)c23)n1. The molecule has 0 aromatic carbocycles. The highest BCUT2D eigenvalue weighted by atomic mass is 35.5. The molecule has 3 aromatic heterocycles. The number of alkyl halides is 3. The van der Waals surface area contributed by atoms with Crippen molar-refractivity contribution < 1.29 is 17.9 Å². The van der Waals surface area contributed by atoms with Gasteiger partial charge in [-0.05, 0) is 38.7 Å². The molecule has 148 valence electrons. The van der Waals surface area contributed by atoms with Crippen LogP contribution in [0.1, 0.15) is 31.5 Å². The molecule has 0 amide bonds. The number of nitrogens with zero attached hydrogens (tertiary/aromatic N) is 3. The van der Waals surface area contributed by atoms with Gasteiger partial charge in [0.25, 0.3) is 0 Å². The number of halogens is 4. The fraction of sp³-hybridized carbons (Fsp3) is 0.421. The van der Waals surface area contributed by atoms with Crippen LogP contribution in [0.2, 0.25) is 5.15 Å². The Kier molecular flexibility index (Phi) is 4.91. The van der Waals surface area contributed by atoms with Crippen molar-refractivity contribution in [2.24, 2.45) is 5.92 Å². The summed E-state index contributed by atoms with van der Waals surface area (Å²) in [4.78, 5) is 16.0. The summed E-state index contributed by atoms with van der Waals surface area (Å²) in [5.74, 6) is -0.380. The summed E-state index contributed by atoms with van der Waals surface area (Å²) in [7, 11) is 0. The molecule has 1 aliphatic rings. The van der Waals surface area contributed by atoms with Crippen LogP contribution in [0.4, 0.5) is 13.2 Å². The van der Waals surface area contributed by atoms with Gasteiger partial charge in [0.2, 0.25) is 5.88 Å². The van der Waals surface area contributed by atoms with Gasteiger partial charge in [0.15, 0.2) is 0 Å². The minimum Gasteiger partial charge on any atom is -0.474 e. The van der Waals surface area contributed by atoms with E-state index < -0.39 is 12.1 Å². The number of fused-ring (bicyclic) bond motifs is 1. The number of aryl methyl sites for hydroxylation is 1. The molecule has 3 heterocycles. The molecule has 1 N–H and O–H groups in total. The van der Waals surface area contributed by atoms with Crippen molar-refractivity contribution in [3.8, 4) is 17.1 Å². The molecular formula is C19H18ClF3N4O. The molecule has 0 bridgehead atoms. The van der Waals surface area contributed by atoms with E-state index in [4.69, 9.17) is 16.3 Å². The van der Waals surface area contributed by atoms with E-state index >= 15 is 0 Å². The molecule has 0 spiro atoms. The van der Waals surface area contributed by atoms with E-state index in [9.17, 15) is 13.2 Å². The summed E-state index contributed by atoms with van der Waals surface area (Å²) in [6.45, 7) is 1.74. The van der Waals surface area contributed by atoms with Gasteiger partial charge >= 0.3 is 6.18 Å². The molecule has 0 aliphatic heterocycles. The van der Waals surface area contributed by atoms with Gasteiger partial charge in [-0.15, -0.1) is 0 Å². The Morgan fingerprint density at radius 3 is 2.64 bits per heavy atom. The molecule has 4 rings (SSSR count). The number of H-pyrrole nitrogens is 1. The molecule has 0 unspecified atom stereocenters. The Morgan fingerprint density at radius 2 is 1.93 bits per heavy atom. The first-order chi connectivity index (χ1) is 13.3. The fourth-order valence-corrected chi connectivity index (χ4v) is 3.91. The third kappa shape index (κ3) is 3.78. The Morgan fingerprint density at radius 1 is 1.18 bits per heavy atom. The van der Waals surface area contributed by atoms with Crippen molar-refractivity contribution in [1.29, 1.82) is 0 Å². The lowest BCUT2D eigenvalue weighted by atomic mass is 9.87. The van der Waals surface area contributed by atoms with Crippen molar-refractivity contribution >= 4 is 22.5 Å². The molecule has 28 heavy (non-hydrogen) atoms. The van der Waals surface area contributed by atoms with Crippen LogP contribution < -0.4 is 4.74 Å². The number of rotatable bonds is 3. The van der Waals surface area contributed by atoms with Gasteiger partial charge in [0.05, 0.1) is 17.1 Å². The summed E-state index contributed by atoms with van der Waals surface area (Å²) >= 11 is 6.24. The largest absolute Gasteiger partial charge is 0.474 e. The molecule has 0 atom stereocenters. The van der Waals surface area contributed by atoms with E-state index in [-0.39, 0.29) is 18.9 Å². The van der Waals surface area contributed by atoms with Gasteiger partial charge in [-0.1, -0.05) is 11.6 Å². The Hall–Kier alpha value is -2.35. The van der Waals surface area contributed by atoms with Crippen LogP contribution in [0.15, 0.2) is 24.5 Å². The van der Waals surface area contributed by atoms with Crippen molar-refractivity contribution in [1.82, 2.24) is 19.9 Å². The maximum Gasteiger partial charge on any atom is 0.391 e. The number of hydrogen-bond donors (Lipinski definition) is 1. The second-order valence-electron chi connectivity index (χ2n) is 7.00. The van der Waals surface area contributed by atoms with Crippen LogP contribution in [0, 0.1) is 12.8 Å². The molecule has 1 saturated carbocycles. The first-order valence-electron chi connectivity index (χ1n) is 9.02. The highest BCUT2D eigenvalue weighted by Gasteiger charge is 2.41. The summed E-state index contributed by atoms with van der Waals surface area (Å²) in [5.41, 5.74) is 2.22. The number of aromatic amines is 1. The summed E-state index contributed by atoms with van der Waals surface area (Å²) in [6, 6.07) is 3.50. The lowest BCUT2D eigenvalue weighted by Crippen LogP contribution is -2.32. The van der Waals surface area contributed by atoms with Gasteiger partial charge in [0.1, 0.15) is 17.1 Å². The molecule has 9 heteroatoms. The van der Waals surface area contributed by atoms with Crippen LogP contribution in [0.25, 0.3) is 22.2 Å². The van der Waals surface area contributed by atoms with Crippen LogP contribution >= 0.6 is 11.6 Å². The predicted molar refractivity (Wildman–Crippen MR) is 99.3 cm³/mol. The molecule has 1 aliphatic carbocycles. The monoisotopic (exact) mass is 410 g/mol. The van der Waals surface area contributed by atoms with E-state index in [1.807, 2.05) is 6.07 Å². The van der Waals surface area contributed by atoms with Crippen LogP contribution in [0.5, 0.6) is 5.88 Å². The Balaban J connectivity index is 1.57. The maximum absolute atomic E-state index is 12.8. The van der Waals surface area contributed by atoms with Gasteiger partial charge in [-0.3, -0.25) is 0 Å². The number of aromatic nitrogens is 4. The number of hydrogen-bond acceptors (Lipinski definition) is 4. The Labute approximate surface area is 164 Å². The summed E-state index contributed by atoms with van der Waals surface area (Å²) in [5, 5.41) is 1.11. The van der Waals surface area contributed by atoms with Crippen LogP contribution in [-0.4, -0.2) is 32.2 Å². The van der Waals surface area contributed by atoms with Gasteiger partial charge in [-0.2, -0.15) is 18.2 Å². The Bertz CT molecular complexity index is 996. The van der Waals surface area contributed by atoms with E-state index in [0.29, 0.717) is 35.4 Å². The van der Waals surface area contributed by atoms with Crippen molar-refractivity contribution in [2.45, 2.75) is 44.9 Å². The first kappa shape index (κ1) is 19.0. The molecule has 5 nitrogen and oxygen atoms in total. The first-order valence-corrected chi connectivity index (χ1v) is 9.40. The maximum atomic E-state index is 12.8. The minimum atomic E-state index is -4.13. The predicted octanol–water partition coefficient (Wildman–Crippen LogP) is 5.48. The molecular weight excluding hydrogens is 393 g/mol. The van der Waals surface area contributed by atoms with Gasteiger partial charge < -0.3 is 9.72 Å². The zero-order valence-corrected chi connectivity index (χ0v) is 15.8. The van der Waals surface area contributed by atoms with Crippen LogP contribution in [-0.2, 0) is 0 Å². The molecule has 0 saturated heterocycles. The zero-order chi connectivity index (χ0) is 19.9. The van der Waals surface area contributed by atoms with E-state index in [1.54, 1.807) is 25.4 Å². The lowest BCUT2D eigenvalue weighted by molar-refractivity contribution is -0.185. The van der Waals surface area contributed by atoms with E-state index in [0.717, 1.165) is 16.5 Å². The molecule has 3 aromatic rings. The normalized spacial score (nSPS) is 20.5. The van der Waals surface area contributed by atoms with Crippen molar-refractivity contribution in [3.63, 3.8) is 0 Å². The number of nitrogens with one attached hydrogen (secondary N) is 1. The lowest BCUT2D eigenvalue weighted by Gasteiger charge is -2.29. The number of pyridine rings is 1. The van der Waals surface area contributed by atoms with E-state index in [1.165, 1.54) is 0 Å². The quantitative estimate of drug-likeness (QED) is 0.580. The third-order valence-electron chi connectivity index (χ3n) is 5.06. The average molecular weight is 411 g/mol. The molecule has 1 fully saturated rings. The van der Waals surface area contributed by atoms with E-state index in [2.05, 4.69) is 19.9 Å². The van der Waals surface area contributed by atoms with Gasteiger partial charge in [-0.25, -0.2) is 9.97 Å². The highest BCUT2D eigenvalue weighted by molar-refractivity contribution is 6.35.